The van der Waals surface area contributed by atoms with Gasteiger partial charge in [0.1, 0.15) is 10.6 Å². The number of aryl methyl sites for hydroxylation is 1. The van der Waals surface area contributed by atoms with E-state index in [9.17, 15) is 16.8 Å². The van der Waals surface area contributed by atoms with Crippen molar-refractivity contribution < 1.29 is 26.3 Å². The van der Waals surface area contributed by atoms with Gasteiger partial charge in [-0.2, -0.15) is 0 Å². The largest absolute Gasteiger partial charge is 0.495 e. The molecule has 3 rings (SSSR count). The Hall–Kier alpha value is -1.16. The van der Waals surface area contributed by atoms with Crippen LogP contribution in [0, 0.1) is 6.92 Å². The van der Waals surface area contributed by atoms with Crippen LogP contribution >= 0.6 is 0 Å². The van der Waals surface area contributed by atoms with E-state index >= 15 is 0 Å². The fourth-order valence-electron chi connectivity index (χ4n) is 3.57. The Labute approximate surface area is 154 Å². The van der Waals surface area contributed by atoms with E-state index in [0.29, 0.717) is 13.2 Å². The lowest BCUT2D eigenvalue weighted by molar-refractivity contribution is 0.108. The van der Waals surface area contributed by atoms with Gasteiger partial charge in [-0.25, -0.2) is 16.8 Å². The van der Waals surface area contributed by atoms with Crippen LogP contribution < -0.4 is 10.1 Å². The second-order valence-corrected chi connectivity index (χ2v) is 11.3. The first kappa shape index (κ1) is 19.6. The van der Waals surface area contributed by atoms with Crippen LogP contribution in [0.25, 0.3) is 0 Å². The van der Waals surface area contributed by atoms with Gasteiger partial charge in [0, 0.05) is 19.2 Å². The molecule has 26 heavy (non-hydrogen) atoms. The number of ether oxygens (including phenoxy) is 2. The molecule has 9 heteroatoms. The van der Waals surface area contributed by atoms with E-state index in [1.54, 1.807) is 19.1 Å². The Balaban J connectivity index is 1.89. The number of benzene rings is 1. The van der Waals surface area contributed by atoms with Gasteiger partial charge in [0.05, 0.1) is 30.0 Å². The second-order valence-electron chi connectivity index (χ2n) is 6.96. The maximum atomic E-state index is 13.2. The first-order chi connectivity index (χ1) is 12.2. The maximum absolute atomic E-state index is 13.2. The summed E-state index contributed by atoms with van der Waals surface area (Å²) in [5.74, 6) is -0.328. The lowest BCUT2D eigenvalue weighted by Crippen LogP contribution is -2.46. The first-order valence-corrected chi connectivity index (χ1v) is 12.0. The maximum Gasteiger partial charge on any atom is 0.187 e. The summed E-state index contributed by atoms with van der Waals surface area (Å²) in [6.45, 7) is 2.94. The number of hydrogen-bond acceptors (Lipinski definition) is 7. The first-order valence-electron chi connectivity index (χ1n) is 8.67. The molecule has 0 aliphatic carbocycles. The molecule has 2 heterocycles. The highest BCUT2D eigenvalue weighted by molar-refractivity contribution is 7.96. The molecule has 1 aromatic rings. The molecule has 0 aromatic heterocycles. The molecule has 0 bridgehead atoms. The van der Waals surface area contributed by atoms with Crippen LogP contribution in [0.2, 0.25) is 0 Å². The Kier molecular flexibility index (Phi) is 5.62. The van der Waals surface area contributed by atoms with Crippen molar-refractivity contribution in [2.45, 2.75) is 42.1 Å². The van der Waals surface area contributed by atoms with Gasteiger partial charge in [0.15, 0.2) is 19.7 Å². The Morgan fingerprint density at radius 2 is 2.08 bits per heavy atom. The summed E-state index contributed by atoms with van der Waals surface area (Å²) in [4.78, 5) is 0.0472. The van der Waals surface area contributed by atoms with Crippen molar-refractivity contribution in [1.29, 1.82) is 0 Å². The molecular weight excluding hydrogens is 378 g/mol. The highest BCUT2D eigenvalue weighted by atomic mass is 32.2. The van der Waals surface area contributed by atoms with Gasteiger partial charge in [0.25, 0.3) is 0 Å². The van der Waals surface area contributed by atoms with Gasteiger partial charge in [-0.3, -0.25) is 0 Å². The molecule has 3 atom stereocenters. The Morgan fingerprint density at radius 1 is 1.31 bits per heavy atom. The molecule has 0 saturated carbocycles. The SMILES string of the molecule is COc1ccc(C)cc1S(=O)(=O)[C@@H]1CS(=O)(=O)C[C@H]1NC[C@H]1CCCO1. The van der Waals surface area contributed by atoms with Gasteiger partial charge < -0.3 is 14.8 Å². The summed E-state index contributed by atoms with van der Waals surface area (Å²) >= 11 is 0. The average Bonchev–Trinajstić information content (AvgIpc) is 3.20. The molecule has 146 valence electrons. The summed E-state index contributed by atoms with van der Waals surface area (Å²) in [6, 6.07) is 4.24. The molecule has 2 fully saturated rings. The van der Waals surface area contributed by atoms with Gasteiger partial charge in [0.2, 0.25) is 0 Å². The van der Waals surface area contributed by atoms with E-state index < -0.39 is 31.0 Å². The van der Waals surface area contributed by atoms with Crippen molar-refractivity contribution in [2.24, 2.45) is 0 Å². The molecule has 0 unspecified atom stereocenters. The molecule has 2 aliphatic heterocycles. The number of nitrogens with one attached hydrogen (secondary N) is 1. The molecule has 1 aromatic carbocycles. The number of hydrogen-bond donors (Lipinski definition) is 1. The quantitative estimate of drug-likeness (QED) is 0.747. The van der Waals surface area contributed by atoms with Crippen molar-refractivity contribution in [3.05, 3.63) is 23.8 Å². The fourth-order valence-corrected chi connectivity index (χ4v) is 8.53. The Morgan fingerprint density at radius 3 is 2.73 bits per heavy atom. The highest BCUT2D eigenvalue weighted by Gasteiger charge is 2.46. The third kappa shape index (κ3) is 4.05. The van der Waals surface area contributed by atoms with Gasteiger partial charge in [-0.1, -0.05) is 6.07 Å². The standard InChI is InChI=1S/C17H25NO6S2/c1-12-5-6-15(23-2)16(8-12)26(21,22)17-11-25(19,20)10-14(17)18-9-13-4-3-7-24-13/h5-6,8,13-14,17-18H,3-4,7,9-11H2,1-2H3/t13-,14-,17-/m1/s1. The molecule has 0 amide bonds. The molecule has 1 N–H and O–H groups in total. The van der Waals surface area contributed by atoms with Crippen LogP contribution in [0.4, 0.5) is 0 Å². The lowest BCUT2D eigenvalue weighted by Gasteiger charge is -2.22. The average molecular weight is 404 g/mol. The predicted molar refractivity (Wildman–Crippen MR) is 98.1 cm³/mol. The van der Waals surface area contributed by atoms with Crippen molar-refractivity contribution in [3.8, 4) is 5.75 Å². The second kappa shape index (κ2) is 7.46. The van der Waals surface area contributed by atoms with Gasteiger partial charge in [-0.05, 0) is 37.5 Å². The van der Waals surface area contributed by atoms with Crippen molar-refractivity contribution >= 4 is 19.7 Å². The van der Waals surface area contributed by atoms with Crippen LogP contribution in [0.3, 0.4) is 0 Å². The molecule has 2 aliphatic rings. The molecule has 7 nitrogen and oxygen atoms in total. The summed E-state index contributed by atoms with van der Waals surface area (Å²) < 4.78 is 61.6. The zero-order chi connectivity index (χ0) is 18.9. The highest BCUT2D eigenvalue weighted by Crippen LogP contribution is 2.32. The van der Waals surface area contributed by atoms with Crippen LogP contribution in [-0.2, 0) is 24.4 Å². The number of sulfone groups is 2. The minimum absolute atomic E-state index is 0.00941. The third-order valence-electron chi connectivity index (χ3n) is 4.96. The number of rotatable bonds is 6. The topological polar surface area (TPSA) is 98.8 Å². The van der Waals surface area contributed by atoms with Crippen LogP contribution in [0.15, 0.2) is 23.1 Å². The molecular formula is C17H25NO6S2. The summed E-state index contributed by atoms with van der Waals surface area (Å²) in [6.07, 6.45) is 1.88. The van der Waals surface area contributed by atoms with Crippen LogP contribution in [-0.4, -0.2) is 66.0 Å². The van der Waals surface area contributed by atoms with Crippen LogP contribution in [0.1, 0.15) is 18.4 Å². The zero-order valence-corrected chi connectivity index (χ0v) is 16.6. The molecule has 0 radical (unpaired) electrons. The Bertz CT molecular complexity index is 859. The fraction of sp³-hybridized carbons (Fsp3) is 0.647. The summed E-state index contributed by atoms with van der Waals surface area (Å²) in [7, 11) is -5.91. The van der Waals surface area contributed by atoms with E-state index in [1.165, 1.54) is 13.2 Å². The van der Waals surface area contributed by atoms with Crippen molar-refractivity contribution in [2.75, 3.05) is 31.8 Å². The summed E-state index contributed by atoms with van der Waals surface area (Å²) in [5.41, 5.74) is 0.772. The van der Waals surface area contributed by atoms with E-state index in [0.717, 1.165) is 18.4 Å². The zero-order valence-electron chi connectivity index (χ0n) is 15.0. The van der Waals surface area contributed by atoms with E-state index in [1.807, 2.05) is 0 Å². The van der Waals surface area contributed by atoms with Crippen molar-refractivity contribution in [1.82, 2.24) is 5.32 Å². The van der Waals surface area contributed by atoms with E-state index in [-0.39, 0.29) is 28.3 Å². The van der Waals surface area contributed by atoms with Crippen molar-refractivity contribution in [3.63, 3.8) is 0 Å². The predicted octanol–water partition coefficient (Wildman–Crippen LogP) is 0.712. The smallest absolute Gasteiger partial charge is 0.187 e. The minimum Gasteiger partial charge on any atom is -0.495 e. The molecule has 0 spiro atoms. The van der Waals surface area contributed by atoms with E-state index in [2.05, 4.69) is 5.32 Å². The van der Waals surface area contributed by atoms with E-state index in [4.69, 9.17) is 9.47 Å². The van der Waals surface area contributed by atoms with Crippen LogP contribution in [0.5, 0.6) is 5.75 Å². The van der Waals surface area contributed by atoms with Gasteiger partial charge >= 0.3 is 0 Å². The number of methoxy groups -OCH3 is 1. The van der Waals surface area contributed by atoms with Gasteiger partial charge in [-0.15, -0.1) is 0 Å². The lowest BCUT2D eigenvalue weighted by atomic mass is 10.2. The third-order valence-corrected chi connectivity index (χ3v) is 9.13. The molecule has 2 saturated heterocycles. The summed E-state index contributed by atoms with van der Waals surface area (Å²) in [5, 5.41) is 2.10. The minimum atomic E-state index is -3.88. The monoisotopic (exact) mass is 403 g/mol. The normalized spacial score (nSPS) is 28.3.